The molecule has 0 heterocycles. The van der Waals surface area contributed by atoms with Gasteiger partial charge in [-0.25, -0.2) is 0 Å². The number of hydrogen-bond donors (Lipinski definition) is 4. The van der Waals surface area contributed by atoms with Gasteiger partial charge in [-0.3, -0.25) is 4.79 Å². The van der Waals surface area contributed by atoms with Gasteiger partial charge in [0.2, 0.25) is 0 Å². The van der Waals surface area contributed by atoms with Gasteiger partial charge in [-0.1, -0.05) is 65.8 Å². The van der Waals surface area contributed by atoms with Crippen LogP contribution in [0.5, 0.6) is 0 Å². The standard InChI is InChI=1S/C31H48O5/c1-18(2)19(3)8-9-20(27(35)36)26-23(33)16-31(17-32)22-10-11-24-28(4,5)25(34)13-14-29(24,6)21(22)12-15-30(26,31)7/h10,12,18,20,23-26,32-34H,3,8-9,11,13-17H2,1-2,4-7H3,(H,35,36). The Morgan fingerprint density at radius 3 is 2.39 bits per heavy atom. The zero-order valence-corrected chi connectivity index (χ0v) is 23.2. The predicted octanol–water partition coefficient (Wildman–Crippen LogP) is 5.51. The molecule has 0 aromatic carbocycles. The summed E-state index contributed by atoms with van der Waals surface area (Å²) >= 11 is 0. The average molecular weight is 501 g/mol. The SMILES string of the molecule is C=C(CCC(C(=O)O)C1C(O)CC2(CO)C3=CCC4C(C)(CCC(O)C4(C)C)C3=CCC12C)C(C)C. The van der Waals surface area contributed by atoms with Crippen molar-refractivity contribution in [2.24, 2.45) is 45.3 Å². The molecule has 0 aromatic heterocycles. The van der Waals surface area contributed by atoms with E-state index in [-0.39, 0.29) is 23.5 Å². The smallest absolute Gasteiger partial charge is 0.306 e. The highest BCUT2D eigenvalue weighted by atomic mass is 16.4. The van der Waals surface area contributed by atoms with Gasteiger partial charge in [0, 0.05) is 11.3 Å². The lowest BCUT2D eigenvalue weighted by Crippen LogP contribution is -2.56. The van der Waals surface area contributed by atoms with Crippen LogP contribution < -0.4 is 0 Å². The number of carbonyl (C=O) groups is 1. The van der Waals surface area contributed by atoms with E-state index in [4.69, 9.17) is 0 Å². The van der Waals surface area contributed by atoms with Gasteiger partial charge in [0.25, 0.3) is 0 Å². The van der Waals surface area contributed by atoms with Crippen LogP contribution in [-0.2, 0) is 4.79 Å². The Bertz CT molecular complexity index is 975. The molecule has 0 spiro atoms. The molecule has 2 saturated carbocycles. The zero-order valence-electron chi connectivity index (χ0n) is 23.2. The molecule has 0 bridgehead atoms. The molecule has 4 rings (SSSR count). The van der Waals surface area contributed by atoms with Crippen LogP contribution in [0.25, 0.3) is 0 Å². The summed E-state index contributed by atoms with van der Waals surface area (Å²) in [5.74, 6) is -1.43. The third kappa shape index (κ3) is 3.71. The summed E-state index contributed by atoms with van der Waals surface area (Å²) in [5, 5.41) is 43.7. The van der Waals surface area contributed by atoms with Gasteiger partial charge in [0.1, 0.15) is 0 Å². The second-order valence-electron chi connectivity index (χ2n) is 13.8. The molecule has 8 atom stereocenters. The van der Waals surface area contributed by atoms with Crippen molar-refractivity contribution in [2.75, 3.05) is 6.61 Å². The summed E-state index contributed by atoms with van der Waals surface area (Å²) in [6.45, 7) is 17.0. The number of carboxylic acids is 1. The summed E-state index contributed by atoms with van der Waals surface area (Å²) in [7, 11) is 0. The molecule has 0 aromatic rings. The zero-order chi connectivity index (χ0) is 26.8. The van der Waals surface area contributed by atoms with Crippen molar-refractivity contribution in [2.45, 2.75) is 98.7 Å². The molecule has 8 unspecified atom stereocenters. The van der Waals surface area contributed by atoms with Crippen LogP contribution >= 0.6 is 0 Å². The molecule has 4 aliphatic rings. The number of aliphatic hydroxyl groups is 3. The van der Waals surface area contributed by atoms with Gasteiger partial charge in [0.05, 0.1) is 24.7 Å². The van der Waals surface area contributed by atoms with Gasteiger partial charge in [-0.05, 0) is 84.2 Å². The van der Waals surface area contributed by atoms with Gasteiger partial charge in [-0.2, -0.15) is 0 Å². The Hall–Kier alpha value is -1.43. The largest absolute Gasteiger partial charge is 0.481 e. The fraction of sp³-hybridized carbons (Fsp3) is 0.774. The van der Waals surface area contributed by atoms with Crippen molar-refractivity contribution >= 4 is 5.97 Å². The molecule has 5 heteroatoms. The minimum Gasteiger partial charge on any atom is -0.481 e. The van der Waals surface area contributed by atoms with E-state index in [1.54, 1.807) is 0 Å². The number of aliphatic carboxylic acids is 1. The molecule has 0 aliphatic heterocycles. The highest BCUT2D eigenvalue weighted by Crippen LogP contribution is 2.71. The molecule has 36 heavy (non-hydrogen) atoms. The molecule has 202 valence electrons. The normalized spacial score (nSPS) is 42.1. The van der Waals surface area contributed by atoms with E-state index < -0.39 is 34.7 Å². The number of allylic oxidation sites excluding steroid dienone is 4. The van der Waals surface area contributed by atoms with Crippen LogP contribution in [-0.4, -0.2) is 45.2 Å². The van der Waals surface area contributed by atoms with E-state index in [9.17, 15) is 25.2 Å². The van der Waals surface area contributed by atoms with E-state index >= 15 is 0 Å². The quantitative estimate of drug-likeness (QED) is 0.346. The molecule has 0 amide bonds. The Morgan fingerprint density at radius 2 is 1.81 bits per heavy atom. The molecule has 2 fully saturated rings. The molecule has 4 N–H and O–H groups in total. The first-order chi connectivity index (χ1) is 16.7. The summed E-state index contributed by atoms with van der Waals surface area (Å²) in [6.07, 6.45) is 8.01. The number of hydrogen-bond acceptors (Lipinski definition) is 4. The first-order valence-electron chi connectivity index (χ1n) is 14.0. The minimum absolute atomic E-state index is 0.0992. The number of fused-ring (bicyclic) bond motifs is 5. The second-order valence-corrected chi connectivity index (χ2v) is 13.8. The van der Waals surface area contributed by atoms with E-state index in [0.717, 1.165) is 30.4 Å². The number of aliphatic hydroxyl groups excluding tert-OH is 3. The first kappa shape index (κ1) is 27.6. The molecular formula is C31H48O5. The lowest BCUT2D eigenvalue weighted by atomic mass is 9.44. The molecular weight excluding hydrogens is 452 g/mol. The van der Waals surface area contributed by atoms with Crippen molar-refractivity contribution in [3.63, 3.8) is 0 Å². The van der Waals surface area contributed by atoms with Gasteiger partial charge in [0.15, 0.2) is 0 Å². The van der Waals surface area contributed by atoms with Crippen LogP contribution in [0.15, 0.2) is 35.5 Å². The van der Waals surface area contributed by atoms with Crippen molar-refractivity contribution < 1.29 is 25.2 Å². The fourth-order valence-corrected chi connectivity index (χ4v) is 9.02. The third-order valence-electron chi connectivity index (χ3n) is 11.6. The molecule has 0 radical (unpaired) electrons. The Labute approximate surface area is 217 Å². The van der Waals surface area contributed by atoms with Crippen molar-refractivity contribution in [1.29, 1.82) is 0 Å². The lowest BCUT2D eigenvalue weighted by molar-refractivity contribution is -0.149. The molecule has 0 saturated heterocycles. The predicted molar refractivity (Wildman–Crippen MR) is 142 cm³/mol. The van der Waals surface area contributed by atoms with E-state index in [2.05, 4.69) is 60.3 Å². The number of rotatable bonds is 7. The van der Waals surface area contributed by atoms with Crippen LogP contribution in [0, 0.1) is 45.3 Å². The summed E-state index contributed by atoms with van der Waals surface area (Å²) in [4.78, 5) is 12.6. The van der Waals surface area contributed by atoms with Crippen LogP contribution in [0.2, 0.25) is 0 Å². The minimum atomic E-state index is -0.868. The third-order valence-corrected chi connectivity index (χ3v) is 11.6. The summed E-state index contributed by atoms with van der Waals surface area (Å²) in [6, 6.07) is 0. The number of carboxylic acid groups (broad SMARTS) is 1. The molecule has 5 nitrogen and oxygen atoms in total. The van der Waals surface area contributed by atoms with Crippen LogP contribution in [0.3, 0.4) is 0 Å². The van der Waals surface area contributed by atoms with E-state index in [1.165, 1.54) is 5.57 Å². The van der Waals surface area contributed by atoms with E-state index in [0.29, 0.717) is 37.5 Å². The summed E-state index contributed by atoms with van der Waals surface area (Å²) in [5.41, 5.74) is 1.87. The van der Waals surface area contributed by atoms with Crippen LogP contribution in [0.1, 0.15) is 86.5 Å². The average Bonchev–Trinajstić information content (AvgIpc) is 3.03. The summed E-state index contributed by atoms with van der Waals surface area (Å²) < 4.78 is 0. The second kappa shape index (κ2) is 9.10. The lowest BCUT2D eigenvalue weighted by Gasteiger charge is -2.61. The Balaban J connectivity index is 1.76. The van der Waals surface area contributed by atoms with Gasteiger partial charge < -0.3 is 20.4 Å². The topological polar surface area (TPSA) is 98.0 Å². The van der Waals surface area contributed by atoms with Crippen molar-refractivity contribution in [3.05, 3.63) is 35.5 Å². The van der Waals surface area contributed by atoms with E-state index in [1.807, 2.05) is 0 Å². The molecule has 4 aliphatic carbocycles. The highest BCUT2D eigenvalue weighted by Gasteiger charge is 2.68. The van der Waals surface area contributed by atoms with Crippen molar-refractivity contribution in [3.8, 4) is 0 Å². The fourth-order valence-electron chi connectivity index (χ4n) is 9.02. The maximum atomic E-state index is 12.6. The van der Waals surface area contributed by atoms with Crippen molar-refractivity contribution in [1.82, 2.24) is 0 Å². The van der Waals surface area contributed by atoms with Gasteiger partial charge in [-0.15, -0.1) is 0 Å². The highest BCUT2D eigenvalue weighted by molar-refractivity contribution is 5.71. The monoisotopic (exact) mass is 500 g/mol. The Morgan fingerprint density at radius 1 is 1.14 bits per heavy atom. The van der Waals surface area contributed by atoms with Gasteiger partial charge >= 0.3 is 5.97 Å². The maximum Gasteiger partial charge on any atom is 0.306 e. The van der Waals surface area contributed by atoms with Crippen LogP contribution in [0.4, 0.5) is 0 Å². The first-order valence-corrected chi connectivity index (χ1v) is 14.0. The maximum absolute atomic E-state index is 12.6. The Kier molecular flexibility index (Phi) is 6.97.